The summed E-state index contributed by atoms with van der Waals surface area (Å²) in [7, 11) is 1.57. The summed E-state index contributed by atoms with van der Waals surface area (Å²) in [5.74, 6) is 0.914. The molecule has 1 atom stereocenters. The highest BCUT2D eigenvalue weighted by Crippen LogP contribution is 2.39. The van der Waals surface area contributed by atoms with Crippen molar-refractivity contribution in [2.24, 2.45) is 0 Å². The highest BCUT2D eigenvalue weighted by molar-refractivity contribution is 9.10. The second-order valence-electron chi connectivity index (χ2n) is 7.77. The van der Waals surface area contributed by atoms with Gasteiger partial charge in [0.05, 0.1) is 28.1 Å². The lowest BCUT2D eigenvalue weighted by Crippen LogP contribution is -2.30. The van der Waals surface area contributed by atoms with E-state index < -0.39 is 0 Å². The number of nitrogens with zero attached hydrogens (tertiary/aromatic N) is 1. The summed E-state index contributed by atoms with van der Waals surface area (Å²) in [6, 6.07) is 21.4. The van der Waals surface area contributed by atoms with Gasteiger partial charge in [-0.05, 0) is 69.9 Å². The lowest BCUT2D eigenvalue weighted by Gasteiger charge is -2.14. The van der Waals surface area contributed by atoms with Crippen molar-refractivity contribution >= 4 is 45.4 Å². The second kappa shape index (κ2) is 11.3. The van der Waals surface area contributed by atoms with Gasteiger partial charge < -0.3 is 20.1 Å². The van der Waals surface area contributed by atoms with Crippen LogP contribution < -0.4 is 20.1 Å². The van der Waals surface area contributed by atoms with Crippen molar-refractivity contribution in [3.05, 3.63) is 92.3 Å². The number of carbonyl (C=O) groups excluding carboxylic acids is 1. The number of anilines is 1. The summed E-state index contributed by atoms with van der Waals surface area (Å²) in [5, 5.41) is 15.6. The molecule has 0 saturated carbocycles. The number of benzene rings is 3. The molecule has 0 spiro atoms. The van der Waals surface area contributed by atoms with Crippen molar-refractivity contribution < 1.29 is 14.3 Å². The third kappa shape index (κ3) is 5.99. The van der Waals surface area contributed by atoms with Gasteiger partial charge in [-0.1, -0.05) is 49.0 Å². The minimum Gasteiger partial charge on any atom is -0.493 e. The molecule has 0 radical (unpaired) electrons. The van der Waals surface area contributed by atoms with Crippen LogP contribution in [0.1, 0.15) is 29.2 Å². The summed E-state index contributed by atoms with van der Waals surface area (Å²) in [4.78, 5) is 13.2. The smallest absolute Gasteiger partial charge is 0.260 e. The van der Waals surface area contributed by atoms with Crippen LogP contribution in [0.2, 0.25) is 0 Å². The third-order valence-corrected chi connectivity index (χ3v) is 7.07. The Hall–Kier alpha value is -3.41. The van der Waals surface area contributed by atoms with E-state index in [1.54, 1.807) is 13.2 Å². The topological polar surface area (TPSA) is 83.4 Å². The summed E-state index contributed by atoms with van der Waals surface area (Å²) in [6.07, 6.45) is 2.81. The SMILES string of the molecule is CCc1ccc(N[C@H]2NC(=O)/C(=C/c3cc(Br)c(OCc4ccccc4C#N)c(OC)c3)S2)cc1. The Morgan fingerprint density at radius 2 is 1.97 bits per heavy atom. The van der Waals surface area contributed by atoms with E-state index in [4.69, 9.17) is 9.47 Å². The zero-order valence-corrected chi connectivity index (χ0v) is 21.7. The number of hydrogen-bond donors (Lipinski definition) is 2. The standard InChI is InChI=1S/C27H24BrN3O3S/c1-3-17-8-10-21(11-9-17)30-27-31-26(32)24(35-27)14-18-12-22(28)25(23(13-18)33-2)34-16-20-7-5-4-6-19(20)15-29/h4-14,27,30H,3,16H2,1-2H3,(H,31,32)/b24-14-/t27-/m0/s1. The first kappa shape index (κ1) is 24.7. The van der Waals surface area contributed by atoms with Crippen molar-refractivity contribution in [2.45, 2.75) is 25.4 Å². The molecule has 8 heteroatoms. The predicted octanol–water partition coefficient (Wildman–Crippen LogP) is 6.07. The van der Waals surface area contributed by atoms with E-state index in [0.717, 1.165) is 23.2 Å². The molecule has 1 aliphatic heterocycles. The molecule has 0 bridgehead atoms. The van der Waals surface area contributed by atoms with Crippen LogP contribution in [-0.2, 0) is 17.8 Å². The monoisotopic (exact) mass is 549 g/mol. The number of methoxy groups -OCH3 is 1. The Kier molecular flexibility index (Phi) is 8.01. The molecule has 0 aromatic heterocycles. The zero-order valence-electron chi connectivity index (χ0n) is 19.3. The van der Waals surface area contributed by atoms with E-state index in [2.05, 4.69) is 51.7 Å². The van der Waals surface area contributed by atoms with E-state index in [1.807, 2.05) is 48.5 Å². The fourth-order valence-electron chi connectivity index (χ4n) is 3.57. The molecule has 35 heavy (non-hydrogen) atoms. The van der Waals surface area contributed by atoms with Crippen molar-refractivity contribution in [3.8, 4) is 17.6 Å². The summed E-state index contributed by atoms with van der Waals surface area (Å²) in [5.41, 5.74) is 4.11. The average molecular weight is 550 g/mol. The largest absolute Gasteiger partial charge is 0.493 e. The average Bonchev–Trinajstić information content (AvgIpc) is 3.21. The van der Waals surface area contributed by atoms with Gasteiger partial charge in [0, 0.05) is 11.3 Å². The molecular formula is C27H24BrN3O3S. The van der Waals surface area contributed by atoms with Crippen LogP contribution in [-0.4, -0.2) is 18.5 Å². The van der Waals surface area contributed by atoms with Crippen molar-refractivity contribution in [2.75, 3.05) is 12.4 Å². The van der Waals surface area contributed by atoms with Gasteiger partial charge in [0.15, 0.2) is 17.0 Å². The van der Waals surface area contributed by atoms with Crippen LogP contribution in [0.4, 0.5) is 5.69 Å². The molecule has 1 amide bonds. The molecule has 4 rings (SSSR count). The van der Waals surface area contributed by atoms with E-state index in [0.29, 0.717) is 26.4 Å². The predicted molar refractivity (Wildman–Crippen MR) is 143 cm³/mol. The van der Waals surface area contributed by atoms with E-state index in [-0.39, 0.29) is 18.0 Å². The number of hydrogen-bond acceptors (Lipinski definition) is 6. The minimum absolute atomic E-state index is 0.138. The summed E-state index contributed by atoms with van der Waals surface area (Å²) >= 11 is 4.99. The lowest BCUT2D eigenvalue weighted by molar-refractivity contribution is -0.116. The van der Waals surface area contributed by atoms with Crippen LogP contribution in [0, 0.1) is 11.3 Å². The maximum absolute atomic E-state index is 12.6. The quantitative estimate of drug-likeness (QED) is 0.332. The second-order valence-corrected chi connectivity index (χ2v) is 9.77. The van der Waals surface area contributed by atoms with E-state index in [9.17, 15) is 10.1 Å². The Bertz CT molecular complexity index is 1300. The Balaban J connectivity index is 1.48. The number of halogens is 1. The number of aryl methyl sites for hydroxylation is 1. The molecule has 2 N–H and O–H groups in total. The molecule has 6 nitrogen and oxygen atoms in total. The molecule has 1 heterocycles. The van der Waals surface area contributed by atoms with Crippen LogP contribution in [0.5, 0.6) is 11.5 Å². The van der Waals surface area contributed by atoms with Crippen molar-refractivity contribution in [1.29, 1.82) is 5.26 Å². The highest BCUT2D eigenvalue weighted by Gasteiger charge is 2.27. The molecule has 1 aliphatic rings. The van der Waals surface area contributed by atoms with Crippen LogP contribution >= 0.6 is 27.7 Å². The van der Waals surface area contributed by atoms with Gasteiger partial charge in [-0.15, -0.1) is 0 Å². The van der Waals surface area contributed by atoms with E-state index >= 15 is 0 Å². The van der Waals surface area contributed by atoms with Gasteiger partial charge in [0.1, 0.15) is 6.61 Å². The van der Waals surface area contributed by atoms with Gasteiger partial charge in [0.2, 0.25) is 0 Å². The number of amides is 1. The fourth-order valence-corrected chi connectivity index (χ4v) is 5.13. The van der Waals surface area contributed by atoms with Crippen LogP contribution in [0.25, 0.3) is 6.08 Å². The summed E-state index contributed by atoms with van der Waals surface area (Å²) in [6.45, 7) is 2.34. The van der Waals surface area contributed by atoms with Crippen LogP contribution in [0.15, 0.2) is 70.0 Å². The minimum atomic E-state index is -0.255. The molecular weight excluding hydrogens is 526 g/mol. The Labute approximate surface area is 217 Å². The lowest BCUT2D eigenvalue weighted by atomic mass is 10.1. The Morgan fingerprint density at radius 3 is 2.69 bits per heavy atom. The first-order chi connectivity index (χ1) is 17.0. The fraction of sp³-hybridized carbons (Fsp3) is 0.185. The molecule has 0 unspecified atom stereocenters. The maximum Gasteiger partial charge on any atom is 0.260 e. The number of rotatable bonds is 8. The van der Waals surface area contributed by atoms with Crippen molar-refractivity contribution in [3.63, 3.8) is 0 Å². The number of thioether (sulfide) groups is 1. The maximum atomic E-state index is 12.6. The molecule has 178 valence electrons. The van der Waals surface area contributed by atoms with Crippen LogP contribution in [0.3, 0.4) is 0 Å². The number of nitrogens with one attached hydrogen (secondary N) is 2. The summed E-state index contributed by atoms with van der Waals surface area (Å²) < 4.78 is 12.2. The van der Waals surface area contributed by atoms with Gasteiger partial charge in [-0.25, -0.2) is 0 Å². The molecule has 1 saturated heterocycles. The first-order valence-electron chi connectivity index (χ1n) is 11.0. The zero-order chi connectivity index (χ0) is 24.8. The number of nitriles is 1. The number of carbonyl (C=O) groups is 1. The third-order valence-electron chi connectivity index (χ3n) is 5.45. The Morgan fingerprint density at radius 1 is 1.20 bits per heavy atom. The van der Waals surface area contributed by atoms with Gasteiger partial charge in [-0.2, -0.15) is 5.26 Å². The van der Waals surface area contributed by atoms with E-state index in [1.165, 1.54) is 17.3 Å². The molecule has 1 fully saturated rings. The first-order valence-corrected chi connectivity index (χ1v) is 12.7. The van der Waals surface area contributed by atoms with Gasteiger partial charge in [0.25, 0.3) is 5.91 Å². The molecule has 0 aliphatic carbocycles. The van der Waals surface area contributed by atoms with Gasteiger partial charge in [-0.3, -0.25) is 4.79 Å². The molecule has 3 aromatic rings. The van der Waals surface area contributed by atoms with Gasteiger partial charge >= 0.3 is 0 Å². The normalized spacial score (nSPS) is 16.0. The molecule has 3 aromatic carbocycles. The highest BCUT2D eigenvalue weighted by atomic mass is 79.9. The number of ether oxygens (including phenoxy) is 2. The van der Waals surface area contributed by atoms with Crippen molar-refractivity contribution in [1.82, 2.24) is 5.32 Å².